The van der Waals surface area contributed by atoms with Crippen molar-refractivity contribution in [3.8, 4) is 22.5 Å². The Hall–Kier alpha value is -3.60. The Morgan fingerprint density at radius 3 is 2.54 bits per heavy atom. The van der Waals surface area contributed by atoms with Crippen molar-refractivity contribution in [3.63, 3.8) is 0 Å². The number of halogens is 2. The number of fused-ring (bicyclic) bond motifs is 1. The van der Waals surface area contributed by atoms with Gasteiger partial charge in [-0.1, -0.05) is 6.07 Å². The third-order valence-electron chi connectivity index (χ3n) is 6.42. The van der Waals surface area contributed by atoms with Gasteiger partial charge in [-0.15, -0.1) is 0 Å². The largest absolute Gasteiger partial charge is 0.479 e. The maximum atomic E-state index is 13.9. The van der Waals surface area contributed by atoms with E-state index in [0.717, 1.165) is 11.1 Å². The van der Waals surface area contributed by atoms with E-state index in [-0.39, 0.29) is 11.4 Å². The minimum Gasteiger partial charge on any atom is -0.479 e. The van der Waals surface area contributed by atoms with Crippen LogP contribution in [0, 0.1) is 11.3 Å². The highest BCUT2D eigenvalue weighted by atomic mass is 79.9. The molecule has 4 aromatic rings. The van der Waals surface area contributed by atoms with Gasteiger partial charge in [0.25, 0.3) is 0 Å². The lowest BCUT2D eigenvalue weighted by Crippen LogP contribution is -2.29. The first-order chi connectivity index (χ1) is 16.9. The number of alkyl halides is 1. The molecule has 0 aromatic carbocycles. The molecule has 0 amide bonds. The topological polar surface area (TPSA) is 130 Å². The predicted octanol–water partition coefficient (Wildman–Crippen LogP) is 4.19. The van der Waals surface area contributed by atoms with Crippen LogP contribution in [0.4, 0.5) is 4.39 Å². The molecule has 1 unspecified atom stereocenters. The molecule has 1 fully saturated rings. The molecule has 1 atom stereocenters. The first kappa shape index (κ1) is 23.2. The molecule has 0 radical (unpaired) electrons. The van der Waals surface area contributed by atoms with Crippen LogP contribution in [-0.2, 0) is 4.79 Å². The van der Waals surface area contributed by atoms with Crippen LogP contribution in [0.25, 0.3) is 28.2 Å². The zero-order valence-electron chi connectivity index (χ0n) is 18.5. The first-order valence-corrected chi connectivity index (χ1v) is 11.9. The minimum absolute atomic E-state index is 0.00677. The first-order valence-electron chi connectivity index (χ1n) is 11.1. The second-order valence-electron chi connectivity index (χ2n) is 8.55. The summed E-state index contributed by atoms with van der Waals surface area (Å²) in [5, 5.41) is 21.9. The zero-order chi connectivity index (χ0) is 24.5. The number of carboxylic acids is 1. The molecule has 4 heterocycles. The number of aliphatic carboxylic acids is 1. The van der Waals surface area contributed by atoms with Gasteiger partial charge < -0.3 is 5.11 Å². The Morgan fingerprint density at radius 2 is 1.89 bits per heavy atom. The average Bonchev–Trinajstić information content (AvgIpc) is 2.90. The number of pyridine rings is 1. The summed E-state index contributed by atoms with van der Waals surface area (Å²) >= 11 is 3.50. The van der Waals surface area contributed by atoms with Crippen molar-refractivity contribution in [1.82, 2.24) is 29.5 Å². The van der Waals surface area contributed by atoms with Gasteiger partial charge in [0, 0.05) is 41.6 Å². The van der Waals surface area contributed by atoms with Crippen molar-refractivity contribution in [2.24, 2.45) is 5.92 Å². The van der Waals surface area contributed by atoms with Gasteiger partial charge in [0.2, 0.25) is 0 Å². The molecule has 178 valence electrons. The van der Waals surface area contributed by atoms with Crippen molar-refractivity contribution >= 4 is 27.5 Å². The fraction of sp³-hybridized carbons (Fsp3) is 0.292. The van der Waals surface area contributed by atoms with Crippen molar-refractivity contribution in [1.29, 1.82) is 5.41 Å². The van der Waals surface area contributed by atoms with Gasteiger partial charge in [-0.05, 0) is 53.7 Å². The Balaban J connectivity index is 1.44. The number of nitrogens with zero attached hydrogens (tertiary/aromatic N) is 6. The van der Waals surface area contributed by atoms with Gasteiger partial charge >= 0.3 is 5.97 Å². The summed E-state index contributed by atoms with van der Waals surface area (Å²) in [7, 11) is 0. The predicted molar refractivity (Wildman–Crippen MR) is 128 cm³/mol. The van der Waals surface area contributed by atoms with Gasteiger partial charge in [-0.3, -0.25) is 20.4 Å². The summed E-state index contributed by atoms with van der Waals surface area (Å²) in [5.74, 6) is -1.88. The van der Waals surface area contributed by atoms with E-state index >= 15 is 0 Å². The lowest BCUT2D eigenvalue weighted by atomic mass is 9.78. The van der Waals surface area contributed by atoms with Crippen LogP contribution in [0.15, 0.2) is 53.7 Å². The Morgan fingerprint density at radius 1 is 1.09 bits per heavy atom. The summed E-state index contributed by atoms with van der Waals surface area (Å²) in [5.41, 5.74) is 4.43. The monoisotopic (exact) mass is 537 g/mol. The Kier molecular flexibility index (Phi) is 6.33. The van der Waals surface area contributed by atoms with Crippen LogP contribution in [-0.4, -0.2) is 46.8 Å². The Labute approximate surface area is 207 Å². The van der Waals surface area contributed by atoms with E-state index in [1.165, 1.54) is 4.52 Å². The molecule has 11 heteroatoms. The molecule has 1 saturated carbocycles. The molecule has 0 spiro atoms. The molecule has 0 bridgehead atoms. The molecule has 9 nitrogen and oxygen atoms in total. The number of rotatable bonds is 5. The number of hydrogen-bond donors (Lipinski definition) is 2. The van der Waals surface area contributed by atoms with Crippen LogP contribution in [0.1, 0.15) is 37.3 Å². The standard InChI is InChI=1S/C24H21BrFN7O2/c25-20-22(14-3-1-13(2-4-14)21(26)24(34)35)32-19-9-16(11-31-33(19)23(20)27)15-5-6-17(30-10-15)18-12-28-7-8-29-18/h5-14,21,27H,1-4H2,(H,34,35). The third-order valence-corrected chi connectivity index (χ3v) is 7.21. The zero-order valence-corrected chi connectivity index (χ0v) is 20.1. The lowest BCUT2D eigenvalue weighted by molar-refractivity contribution is -0.145. The van der Waals surface area contributed by atoms with E-state index in [0.29, 0.717) is 52.9 Å². The Bertz CT molecular complexity index is 1440. The molecule has 0 aliphatic heterocycles. The highest BCUT2D eigenvalue weighted by molar-refractivity contribution is 9.10. The van der Waals surface area contributed by atoms with E-state index in [2.05, 4.69) is 36.0 Å². The van der Waals surface area contributed by atoms with Crippen LogP contribution < -0.4 is 5.49 Å². The van der Waals surface area contributed by atoms with Gasteiger partial charge in [0.1, 0.15) is 5.69 Å². The quantitative estimate of drug-likeness (QED) is 0.390. The van der Waals surface area contributed by atoms with Crippen LogP contribution in [0.5, 0.6) is 0 Å². The van der Waals surface area contributed by atoms with E-state index < -0.39 is 18.1 Å². The summed E-state index contributed by atoms with van der Waals surface area (Å²) < 4.78 is 15.9. The van der Waals surface area contributed by atoms with Crippen LogP contribution in [0.2, 0.25) is 0 Å². The number of nitrogens with one attached hydrogen (secondary N) is 1. The molecule has 5 rings (SSSR count). The number of carboxylic acid groups (broad SMARTS) is 1. The molecule has 0 saturated heterocycles. The molecule has 1 aliphatic carbocycles. The van der Waals surface area contributed by atoms with E-state index in [1.54, 1.807) is 31.0 Å². The van der Waals surface area contributed by atoms with Crippen molar-refractivity contribution in [2.45, 2.75) is 37.8 Å². The van der Waals surface area contributed by atoms with Gasteiger partial charge in [-0.25, -0.2) is 14.2 Å². The van der Waals surface area contributed by atoms with Crippen molar-refractivity contribution in [2.75, 3.05) is 0 Å². The van der Waals surface area contributed by atoms with Gasteiger partial charge in [0.15, 0.2) is 17.3 Å². The lowest BCUT2D eigenvalue weighted by Gasteiger charge is -2.29. The van der Waals surface area contributed by atoms with Crippen LogP contribution in [0.3, 0.4) is 0 Å². The molecule has 35 heavy (non-hydrogen) atoms. The van der Waals surface area contributed by atoms with Crippen molar-refractivity contribution < 1.29 is 14.3 Å². The summed E-state index contributed by atoms with van der Waals surface area (Å²) in [6.45, 7) is 0. The second-order valence-corrected chi connectivity index (χ2v) is 9.34. The highest BCUT2D eigenvalue weighted by Gasteiger charge is 2.33. The maximum Gasteiger partial charge on any atom is 0.338 e. The minimum atomic E-state index is -1.84. The SMILES string of the molecule is N=c1c(Br)c(C2CCC(C(F)C(=O)O)CC2)nc2cc(-c3ccc(-c4cnccn4)nc3)cnn12. The number of hydrogen-bond acceptors (Lipinski definition) is 7. The van der Waals surface area contributed by atoms with E-state index in [9.17, 15) is 9.18 Å². The van der Waals surface area contributed by atoms with Gasteiger partial charge in [-0.2, -0.15) is 9.61 Å². The fourth-order valence-electron chi connectivity index (χ4n) is 4.52. The number of carbonyl (C=O) groups is 1. The molecule has 1 aliphatic rings. The summed E-state index contributed by atoms with van der Waals surface area (Å²) in [4.78, 5) is 28.6. The van der Waals surface area contributed by atoms with Gasteiger partial charge in [0.05, 0.1) is 28.3 Å². The average molecular weight is 538 g/mol. The van der Waals surface area contributed by atoms with E-state index in [1.807, 2.05) is 18.2 Å². The maximum absolute atomic E-state index is 13.9. The van der Waals surface area contributed by atoms with E-state index in [4.69, 9.17) is 15.5 Å². The second kappa shape index (κ2) is 9.57. The van der Waals surface area contributed by atoms with Crippen molar-refractivity contribution in [3.05, 3.63) is 64.8 Å². The fourth-order valence-corrected chi connectivity index (χ4v) is 5.10. The highest BCUT2D eigenvalue weighted by Crippen LogP contribution is 2.39. The summed E-state index contributed by atoms with van der Waals surface area (Å²) in [6, 6.07) is 5.64. The molecular formula is C24H21BrFN7O2. The summed E-state index contributed by atoms with van der Waals surface area (Å²) in [6.07, 6.45) is 8.58. The molecule has 4 aromatic heterocycles. The number of aromatic nitrogens is 6. The van der Waals surface area contributed by atoms with Crippen LogP contribution >= 0.6 is 15.9 Å². The third kappa shape index (κ3) is 4.55. The normalized spacial score (nSPS) is 18.9. The molecular weight excluding hydrogens is 517 g/mol. The smallest absolute Gasteiger partial charge is 0.338 e. The molecule has 2 N–H and O–H groups in total.